The molecule has 2 unspecified atom stereocenters. The van der Waals surface area contributed by atoms with Crippen LogP contribution in [0.5, 0.6) is 0 Å². The van der Waals surface area contributed by atoms with Gasteiger partial charge in [-0.05, 0) is 104 Å². The summed E-state index contributed by atoms with van der Waals surface area (Å²) in [5.74, 6) is 2.25. The number of fused-ring (bicyclic) bond motifs is 7. The molecule has 312 valence electrons. The Bertz CT molecular complexity index is 1270. The smallest absolute Gasteiger partial charge is 0.186 e. The number of aliphatic hydroxyl groups is 8. The molecule has 0 bridgehead atoms. The van der Waals surface area contributed by atoms with Crippen LogP contribution in [0.2, 0.25) is 0 Å². The standard InChI is InChI=1S/C40H68O14/c1-19(18-50-36-34(47)32(45)30(43)27(16-41)52-36)8-13-40(49-5)20(2)29-26(54-40)15-25-23-7-6-21-14-22(9-11-38(21,3)24(23)10-12-39(25,29)4)51-37-35(48)33(46)31(44)28(17-42)53-37/h19-37,41-48H,6-18H2,1-5H3/t19?,20-,21+,22-,23+,24-,25-,26-,27+,28+,29-,30+,31+,32-,33-,34+,35+,36+,37+,38-,39-,40?/m0/s1. The molecule has 54 heavy (non-hydrogen) atoms. The largest absolute Gasteiger partial charge is 0.394 e. The molecule has 4 saturated carbocycles. The highest BCUT2D eigenvalue weighted by atomic mass is 16.7. The summed E-state index contributed by atoms with van der Waals surface area (Å²) in [6.07, 6.45) is -2.91. The quantitative estimate of drug-likeness (QED) is 0.138. The molecule has 7 aliphatic rings. The molecule has 8 N–H and O–H groups in total. The fraction of sp³-hybridized carbons (Fsp3) is 1.00. The average Bonchev–Trinajstić information content (AvgIpc) is 3.62. The van der Waals surface area contributed by atoms with E-state index in [1.165, 1.54) is 12.8 Å². The zero-order valence-electron chi connectivity index (χ0n) is 32.7. The van der Waals surface area contributed by atoms with Crippen LogP contribution in [-0.4, -0.2) is 147 Å². The summed E-state index contributed by atoms with van der Waals surface area (Å²) >= 11 is 0. The van der Waals surface area contributed by atoms with Crippen molar-refractivity contribution in [1.29, 1.82) is 0 Å². The van der Waals surface area contributed by atoms with Crippen LogP contribution in [0.4, 0.5) is 0 Å². The van der Waals surface area contributed by atoms with Crippen molar-refractivity contribution in [3.05, 3.63) is 0 Å². The molecule has 0 aromatic rings. The second kappa shape index (κ2) is 15.9. The molecule has 3 heterocycles. The van der Waals surface area contributed by atoms with Gasteiger partial charge in [-0.1, -0.05) is 27.7 Å². The summed E-state index contributed by atoms with van der Waals surface area (Å²) in [6.45, 7) is 8.66. The molecule has 0 aromatic carbocycles. The van der Waals surface area contributed by atoms with E-state index in [4.69, 9.17) is 28.4 Å². The molecule has 0 amide bonds. The van der Waals surface area contributed by atoms with Crippen LogP contribution in [0, 0.1) is 52.3 Å². The van der Waals surface area contributed by atoms with Crippen LogP contribution in [0.1, 0.15) is 91.9 Å². The van der Waals surface area contributed by atoms with Crippen LogP contribution in [0.3, 0.4) is 0 Å². The Kier molecular flexibility index (Phi) is 12.2. The number of methoxy groups -OCH3 is 1. The van der Waals surface area contributed by atoms with Crippen LogP contribution in [-0.2, 0) is 28.4 Å². The van der Waals surface area contributed by atoms with E-state index in [0.29, 0.717) is 36.0 Å². The first-order valence-corrected chi connectivity index (χ1v) is 20.7. The maximum absolute atomic E-state index is 10.6. The number of rotatable bonds is 11. The van der Waals surface area contributed by atoms with Gasteiger partial charge >= 0.3 is 0 Å². The normalized spacial score (nSPS) is 55.1. The van der Waals surface area contributed by atoms with Crippen molar-refractivity contribution >= 4 is 0 Å². The molecule has 7 rings (SSSR count). The van der Waals surface area contributed by atoms with E-state index in [9.17, 15) is 40.9 Å². The predicted molar refractivity (Wildman–Crippen MR) is 191 cm³/mol. The Labute approximate surface area is 319 Å². The van der Waals surface area contributed by atoms with Gasteiger partial charge in [0.25, 0.3) is 0 Å². The number of hydrogen-bond donors (Lipinski definition) is 8. The zero-order valence-corrected chi connectivity index (χ0v) is 32.7. The number of ether oxygens (including phenoxy) is 6. The third-order valence-electron chi connectivity index (χ3n) is 16.2. The Morgan fingerprint density at radius 3 is 2.02 bits per heavy atom. The summed E-state index contributed by atoms with van der Waals surface area (Å²) < 4.78 is 36.7. The molecule has 0 aromatic heterocycles. The lowest BCUT2D eigenvalue weighted by Gasteiger charge is -2.61. The van der Waals surface area contributed by atoms with Gasteiger partial charge in [0, 0.05) is 19.4 Å². The van der Waals surface area contributed by atoms with E-state index in [-0.39, 0.29) is 41.5 Å². The Balaban J connectivity index is 0.946. The number of aliphatic hydroxyl groups excluding tert-OH is 8. The summed E-state index contributed by atoms with van der Waals surface area (Å²) in [5.41, 5.74) is 0.337. The fourth-order valence-corrected chi connectivity index (χ4v) is 13.0. The van der Waals surface area contributed by atoms with Crippen molar-refractivity contribution in [1.82, 2.24) is 0 Å². The minimum absolute atomic E-state index is 0.0630. The van der Waals surface area contributed by atoms with Gasteiger partial charge in [-0.3, -0.25) is 0 Å². The molecular weight excluding hydrogens is 704 g/mol. The van der Waals surface area contributed by atoms with E-state index in [2.05, 4.69) is 27.7 Å². The van der Waals surface area contributed by atoms with Gasteiger partial charge < -0.3 is 69.3 Å². The van der Waals surface area contributed by atoms with Gasteiger partial charge in [0.1, 0.15) is 48.8 Å². The van der Waals surface area contributed by atoms with Gasteiger partial charge in [0.15, 0.2) is 18.4 Å². The molecule has 4 aliphatic carbocycles. The monoisotopic (exact) mass is 772 g/mol. The van der Waals surface area contributed by atoms with Gasteiger partial charge in [-0.2, -0.15) is 0 Å². The first kappa shape index (κ1) is 41.6. The van der Waals surface area contributed by atoms with Crippen LogP contribution in [0.25, 0.3) is 0 Å². The molecule has 22 atom stereocenters. The highest BCUT2D eigenvalue weighted by molar-refractivity contribution is 5.15. The van der Waals surface area contributed by atoms with Crippen LogP contribution >= 0.6 is 0 Å². The third-order valence-corrected chi connectivity index (χ3v) is 16.2. The van der Waals surface area contributed by atoms with Crippen LogP contribution in [0.15, 0.2) is 0 Å². The Hall–Kier alpha value is -0.560. The minimum atomic E-state index is -1.47. The second-order valence-electron chi connectivity index (χ2n) is 18.8. The molecule has 14 nitrogen and oxygen atoms in total. The average molecular weight is 773 g/mol. The lowest BCUT2D eigenvalue weighted by atomic mass is 9.44. The Morgan fingerprint density at radius 1 is 0.741 bits per heavy atom. The fourth-order valence-electron chi connectivity index (χ4n) is 13.0. The van der Waals surface area contributed by atoms with Crippen molar-refractivity contribution in [2.75, 3.05) is 26.9 Å². The van der Waals surface area contributed by atoms with Gasteiger partial charge in [0.05, 0.1) is 32.0 Å². The minimum Gasteiger partial charge on any atom is -0.394 e. The van der Waals surface area contributed by atoms with Gasteiger partial charge in [0.2, 0.25) is 0 Å². The summed E-state index contributed by atoms with van der Waals surface area (Å²) in [7, 11) is 1.75. The highest BCUT2D eigenvalue weighted by Crippen LogP contribution is 2.71. The maximum atomic E-state index is 10.6. The van der Waals surface area contributed by atoms with Crippen molar-refractivity contribution in [2.24, 2.45) is 52.3 Å². The first-order chi connectivity index (χ1) is 25.6. The van der Waals surface area contributed by atoms with Crippen molar-refractivity contribution in [2.45, 2.75) is 171 Å². The summed E-state index contributed by atoms with van der Waals surface area (Å²) in [5, 5.41) is 80.9. The van der Waals surface area contributed by atoms with E-state index >= 15 is 0 Å². The molecular formula is C40H68O14. The van der Waals surface area contributed by atoms with Crippen LogP contribution < -0.4 is 0 Å². The van der Waals surface area contributed by atoms with Crippen molar-refractivity contribution in [3.8, 4) is 0 Å². The lowest BCUT2D eigenvalue weighted by Crippen LogP contribution is -2.60. The maximum Gasteiger partial charge on any atom is 0.186 e. The van der Waals surface area contributed by atoms with Gasteiger partial charge in [-0.15, -0.1) is 0 Å². The topological polar surface area (TPSA) is 217 Å². The first-order valence-electron chi connectivity index (χ1n) is 20.7. The van der Waals surface area contributed by atoms with E-state index in [1.807, 2.05) is 0 Å². The molecule has 0 radical (unpaired) electrons. The molecule has 7 fully saturated rings. The lowest BCUT2D eigenvalue weighted by molar-refractivity contribution is -0.316. The highest BCUT2D eigenvalue weighted by Gasteiger charge is 2.68. The predicted octanol–water partition coefficient (Wildman–Crippen LogP) is 1.05. The SMILES string of the molecule is COC1(CCC(C)CO[C@@H]2O[C@H](CO)[C@@H](O)[C@H](O)[C@H]2O)O[C@H]2C[C@H]3[C@@H]4CC[C@@H]5C[C@@H](O[C@@H]6O[C@H](CO)[C@@H](O)[C@H](O)[C@H]6O)CC[C@]5(C)[C@H]4CC[C@]3(C)[C@H]2[C@@H]1C. The third kappa shape index (κ3) is 6.93. The molecule has 14 heteroatoms. The Morgan fingerprint density at radius 2 is 1.37 bits per heavy atom. The summed E-state index contributed by atoms with van der Waals surface area (Å²) in [6, 6.07) is 0. The van der Waals surface area contributed by atoms with E-state index < -0.39 is 80.4 Å². The van der Waals surface area contributed by atoms with Crippen molar-refractivity contribution in [3.63, 3.8) is 0 Å². The summed E-state index contributed by atoms with van der Waals surface area (Å²) in [4.78, 5) is 0. The molecule has 0 spiro atoms. The second-order valence-corrected chi connectivity index (χ2v) is 18.8. The number of hydrogen-bond acceptors (Lipinski definition) is 14. The van der Waals surface area contributed by atoms with Gasteiger partial charge in [-0.25, -0.2) is 0 Å². The van der Waals surface area contributed by atoms with E-state index in [0.717, 1.165) is 44.9 Å². The van der Waals surface area contributed by atoms with Crippen molar-refractivity contribution < 1.29 is 69.3 Å². The molecule has 3 saturated heterocycles. The molecule has 3 aliphatic heterocycles. The zero-order chi connectivity index (χ0) is 38.9. The van der Waals surface area contributed by atoms with E-state index in [1.54, 1.807) is 7.11 Å².